The Morgan fingerprint density at radius 3 is 2.18 bits per heavy atom. The molecule has 4 rings (SSSR count). The van der Waals surface area contributed by atoms with Crippen LogP contribution in [0.5, 0.6) is 0 Å². The molecule has 3 aromatic rings. The Morgan fingerprint density at radius 1 is 0.956 bits per heavy atom. The summed E-state index contributed by atoms with van der Waals surface area (Å²) in [7, 11) is -7.84. The Hall–Kier alpha value is -2.61. The van der Waals surface area contributed by atoms with Crippen molar-refractivity contribution in [3.63, 3.8) is 0 Å². The zero-order valence-corrected chi connectivity index (χ0v) is 28.3. The number of sulfone groups is 1. The van der Waals surface area contributed by atoms with Gasteiger partial charge in [-0.2, -0.15) is 13.2 Å². The Labute approximate surface area is 267 Å². The van der Waals surface area contributed by atoms with Crippen molar-refractivity contribution in [1.29, 1.82) is 0 Å². The summed E-state index contributed by atoms with van der Waals surface area (Å²) in [4.78, 5) is 17.6. The van der Waals surface area contributed by atoms with Crippen molar-refractivity contribution in [2.45, 2.75) is 101 Å². The van der Waals surface area contributed by atoms with Gasteiger partial charge in [-0.3, -0.25) is 4.79 Å². The smallest absolute Gasteiger partial charge is 0.299 e. The summed E-state index contributed by atoms with van der Waals surface area (Å²) in [6.07, 6.45) is 0.877. The Kier molecular flexibility index (Phi) is 10.7. The first-order valence-electron chi connectivity index (χ1n) is 15.0. The van der Waals surface area contributed by atoms with E-state index in [1.54, 1.807) is 39.8 Å². The lowest BCUT2D eigenvalue weighted by Crippen LogP contribution is -2.41. The zero-order valence-electron chi connectivity index (χ0n) is 25.8. The second-order valence-corrected chi connectivity index (χ2v) is 17.6. The number of carbonyl (C=O) groups excluding carboxylic acids is 1. The minimum atomic E-state index is -4.93. The van der Waals surface area contributed by atoms with Crippen molar-refractivity contribution in [1.82, 2.24) is 9.71 Å². The number of Topliss-reactive ketones (excluding diaryl/α,β-unsaturated/α-hetero) is 1. The number of benzene rings is 2. The molecule has 0 radical (unpaired) electrons. The largest absolute Gasteiger partial charge is 0.417 e. The SMILES string of the molecule is CCS(=O)(=O)c1ccc(CC(=O)Cc2nc(CC3CCCCC3)c(-c3ccc(S(=O)(=O)NC(C)(C)C)c(C(F)(F)F)c3)s2)cc1. The first kappa shape index (κ1) is 35.2. The highest BCUT2D eigenvalue weighted by Gasteiger charge is 2.39. The molecule has 1 heterocycles. The second-order valence-electron chi connectivity index (χ2n) is 12.6. The molecule has 7 nitrogen and oxygen atoms in total. The van der Waals surface area contributed by atoms with Gasteiger partial charge in [-0.25, -0.2) is 26.5 Å². The number of halogens is 3. The summed E-state index contributed by atoms with van der Waals surface area (Å²) in [5.74, 6) is 0.118. The first-order valence-corrected chi connectivity index (χ1v) is 18.9. The van der Waals surface area contributed by atoms with E-state index in [1.807, 2.05) is 0 Å². The third kappa shape index (κ3) is 9.24. The van der Waals surface area contributed by atoms with Crippen molar-refractivity contribution in [2.75, 3.05) is 5.75 Å². The van der Waals surface area contributed by atoms with E-state index in [0.717, 1.165) is 55.6 Å². The molecule has 0 atom stereocenters. The van der Waals surface area contributed by atoms with Gasteiger partial charge in [0, 0.05) is 12.0 Å². The van der Waals surface area contributed by atoms with Gasteiger partial charge in [0.1, 0.15) is 10.8 Å². The number of nitrogens with one attached hydrogen (secondary N) is 1. The van der Waals surface area contributed by atoms with E-state index in [2.05, 4.69) is 4.72 Å². The lowest BCUT2D eigenvalue weighted by Gasteiger charge is -2.23. The summed E-state index contributed by atoms with van der Waals surface area (Å²) in [5, 5.41) is 0.464. The maximum atomic E-state index is 14.3. The maximum absolute atomic E-state index is 14.3. The zero-order chi connectivity index (χ0) is 33.2. The number of hydrogen-bond donors (Lipinski definition) is 1. The number of rotatable bonds is 11. The van der Waals surface area contributed by atoms with Crippen molar-refractivity contribution in [2.24, 2.45) is 5.92 Å². The van der Waals surface area contributed by atoms with Gasteiger partial charge >= 0.3 is 6.18 Å². The molecule has 13 heteroatoms. The van der Waals surface area contributed by atoms with Crippen LogP contribution in [0.15, 0.2) is 52.3 Å². The molecule has 0 unspecified atom stereocenters. The number of carbonyl (C=O) groups is 1. The molecular weight excluding hydrogens is 646 g/mol. The van der Waals surface area contributed by atoms with E-state index in [4.69, 9.17) is 4.98 Å². The van der Waals surface area contributed by atoms with E-state index in [9.17, 15) is 34.8 Å². The normalized spacial score (nSPS) is 15.4. The van der Waals surface area contributed by atoms with Crippen LogP contribution in [0, 0.1) is 5.92 Å². The molecule has 246 valence electrons. The number of alkyl halides is 3. The van der Waals surface area contributed by atoms with Crippen molar-refractivity contribution >= 4 is 37.0 Å². The van der Waals surface area contributed by atoms with Crippen LogP contribution in [-0.2, 0) is 50.1 Å². The van der Waals surface area contributed by atoms with Gasteiger partial charge < -0.3 is 0 Å². The average Bonchev–Trinajstić information content (AvgIpc) is 3.33. The summed E-state index contributed by atoms with van der Waals surface area (Å²) in [5.41, 5.74) is -0.793. The summed E-state index contributed by atoms with van der Waals surface area (Å²) in [6, 6.07) is 9.39. The second kappa shape index (κ2) is 13.6. The summed E-state index contributed by atoms with van der Waals surface area (Å²) < 4.78 is 95.3. The van der Waals surface area contributed by atoms with Crippen molar-refractivity contribution < 1.29 is 34.8 Å². The van der Waals surface area contributed by atoms with Crippen LogP contribution >= 0.6 is 11.3 Å². The van der Waals surface area contributed by atoms with E-state index >= 15 is 0 Å². The molecule has 0 amide bonds. The fraction of sp³-hybridized carbons (Fsp3) is 0.500. The standard InChI is InChI=1S/C32H39F3N2O5S3/c1-5-44(39,40)25-14-11-22(12-15-25)17-24(38)20-29-36-27(18-21-9-7-6-8-10-21)30(43-29)23-13-16-28(26(19-23)32(33,34)35)45(41,42)37-31(2,3)4/h11-16,19,21,37H,5-10,17-18,20H2,1-4H3. The molecule has 1 aliphatic rings. The molecule has 1 N–H and O–H groups in total. The number of aromatic nitrogens is 1. The number of ketones is 1. The van der Waals surface area contributed by atoms with Crippen LogP contribution in [-0.4, -0.2) is 38.9 Å². The molecule has 0 saturated heterocycles. The van der Waals surface area contributed by atoms with Gasteiger partial charge in [0.05, 0.1) is 38.1 Å². The van der Waals surface area contributed by atoms with E-state index < -0.39 is 42.0 Å². The van der Waals surface area contributed by atoms with Crippen LogP contribution in [0.3, 0.4) is 0 Å². The summed E-state index contributed by atoms with van der Waals surface area (Å²) >= 11 is 1.15. The molecule has 45 heavy (non-hydrogen) atoms. The van der Waals surface area contributed by atoms with Gasteiger partial charge in [0.2, 0.25) is 10.0 Å². The molecular formula is C32H39F3N2O5S3. The molecule has 1 fully saturated rings. The van der Waals surface area contributed by atoms with Gasteiger partial charge in [-0.05, 0) is 68.5 Å². The van der Waals surface area contributed by atoms with E-state index in [-0.39, 0.29) is 34.8 Å². The van der Waals surface area contributed by atoms with Crippen LogP contribution in [0.1, 0.15) is 81.6 Å². The number of thiazole rings is 1. The number of nitrogens with zero attached hydrogens (tertiary/aromatic N) is 1. The van der Waals surface area contributed by atoms with E-state index in [1.165, 1.54) is 18.2 Å². The Balaban J connectivity index is 1.67. The molecule has 1 saturated carbocycles. The van der Waals surface area contributed by atoms with Crippen molar-refractivity contribution in [3.05, 3.63) is 64.3 Å². The number of sulfonamides is 1. The monoisotopic (exact) mass is 684 g/mol. The van der Waals surface area contributed by atoms with Crippen LogP contribution in [0.2, 0.25) is 0 Å². The van der Waals surface area contributed by atoms with Gasteiger partial charge in [-0.1, -0.05) is 57.2 Å². The predicted molar refractivity (Wildman–Crippen MR) is 169 cm³/mol. The minimum Gasteiger partial charge on any atom is -0.299 e. The predicted octanol–water partition coefficient (Wildman–Crippen LogP) is 7.18. The molecule has 1 aromatic heterocycles. The fourth-order valence-electron chi connectivity index (χ4n) is 5.53. The van der Waals surface area contributed by atoms with Crippen LogP contribution < -0.4 is 4.72 Å². The van der Waals surface area contributed by atoms with Gasteiger partial charge in [0.25, 0.3) is 0 Å². The molecule has 0 aliphatic heterocycles. The Bertz CT molecular complexity index is 1740. The highest BCUT2D eigenvalue weighted by Crippen LogP contribution is 2.41. The topological polar surface area (TPSA) is 110 Å². The third-order valence-corrected chi connectivity index (χ3v) is 12.4. The molecule has 2 aromatic carbocycles. The minimum absolute atomic E-state index is 0.0301. The molecule has 0 spiro atoms. The van der Waals surface area contributed by atoms with Gasteiger partial charge in [0.15, 0.2) is 9.84 Å². The van der Waals surface area contributed by atoms with Gasteiger partial charge in [-0.15, -0.1) is 11.3 Å². The quantitative estimate of drug-likeness (QED) is 0.229. The third-order valence-electron chi connectivity index (χ3n) is 7.64. The number of hydrogen-bond acceptors (Lipinski definition) is 7. The Morgan fingerprint density at radius 2 is 1.60 bits per heavy atom. The average molecular weight is 685 g/mol. The first-order chi connectivity index (χ1) is 20.9. The van der Waals surface area contributed by atoms with E-state index in [0.29, 0.717) is 33.5 Å². The molecule has 0 bridgehead atoms. The van der Waals surface area contributed by atoms with Crippen LogP contribution in [0.4, 0.5) is 13.2 Å². The van der Waals surface area contributed by atoms with Crippen molar-refractivity contribution in [3.8, 4) is 10.4 Å². The van der Waals surface area contributed by atoms with Crippen LogP contribution in [0.25, 0.3) is 10.4 Å². The lowest BCUT2D eigenvalue weighted by molar-refractivity contribution is -0.139. The summed E-state index contributed by atoms with van der Waals surface area (Å²) in [6.45, 7) is 6.21. The lowest BCUT2D eigenvalue weighted by atomic mass is 9.85. The highest BCUT2D eigenvalue weighted by atomic mass is 32.2. The molecule has 1 aliphatic carbocycles. The maximum Gasteiger partial charge on any atom is 0.417 e. The highest BCUT2D eigenvalue weighted by molar-refractivity contribution is 7.91. The fourth-order valence-corrected chi connectivity index (χ4v) is 9.16.